The molecule has 0 aliphatic heterocycles. The SMILES string of the molecule is COc1cc(C)c2nc(-c3ccccc3)cc(NN)c2c1. The summed E-state index contributed by atoms with van der Waals surface area (Å²) in [5.41, 5.74) is 7.53. The van der Waals surface area contributed by atoms with Gasteiger partial charge in [-0.1, -0.05) is 30.3 Å². The first-order valence-electron chi connectivity index (χ1n) is 6.74. The van der Waals surface area contributed by atoms with Gasteiger partial charge in [0.2, 0.25) is 0 Å². The summed E-state index contributed by atoms with van der Waals surface area (Å²) < 4.78 is 5.32. The Morgan fingerprint density at radius 1 is 1.10 bits per heavy atom. The Bertz CT molecular complexity index is 785. The summed E-state index contributed by atoms with van der Waals surface area (Å²) in [7, 11) is 1.65. The van der Waals surface area contributed by atoms with Gasteiger partial charge in [-0.3, -0.25) is 5.84 Å². The van der Waals surface area contributed by atoms with Crippen molar-refractivity contribution >= 4 is 16.6 Å². The van der Waals surface area contributed by atoms with Gasteiger partial charge in [0.1, 0.15) is 5.75 Å². The Labute approximate surface area is 123 Å². The first-order valence-corrected chi connectivity index (χ1v) is 6.74. The average Bonchev–Trinajstić information content (AvgIpc) is 2.54. The van der Waals surface area contributed by atoms with Crippen LogP contribution in [0.25, 0.3) is 22.2 Å². The van der Waals surface area contributed by atoms with E-state index in [4.69, 9.17) is 15.6 Å². The number of anilines is 1. The van der Waals surface area contributed by atoms with E-state index in [2.05, 4.69) is 5.43 Å². The van der Waals surface area contributed by atoms with Crippen molar-refractivity contribution < 1.29 is 4.74 Å². The minimum absolute atomic E-state index is 0.797. The van der Waals surface area contributed by atoms with Gasteiger partial charge in [0.05, 0.1) is 24.0 Å². The lowest BCUT2D eigenvalue weighted by Gasteiger charge is -2.12. The van der Waals surface area contributed by atoms with Gasteiger partial charge in [0.15, 0.2) is 0 Å². The molecule has 0 saturated carbocycles. The number of nitrogen functional groups attached to an aromatic ring is 1. The zero-order chi connectivity index (χ0) is 14.8. The van der Waals surface area contributed by atoms with Crippen LogP contribution in [-0.2, 0) is 0 Å². The lowest BCUT2D eigenvalue weighted by molar-refractivity contribution is 0.415. The molecule has 0 bridgehead atoms. The molecule has 4 heteroatoms. The summed E-state index contributed by atoms with van der Waals surface area (Å²) in [6.45, 7) is 2.02. The van der Waals surface area contributed by atoms with Crippen molar-refractivity contribution in [2.24, 2.45) is 5.84 Å². The zero-order valence-corrected chi connectivity index (χ0v) is 12.1. The molecular weight excluding hydrogens is 262 g/mol. The molecular formula is C17H17N3O. The van der Waals surface area contributed by atoms with Gasteiger partial charge in [-0.15, -0.1) is 0 Å². The molecule has 0 unspecified atom stereocenters. The van der Waals surface area contributed by atoms with Crippen molar-refractivity contribution in [1.29, 1.82) is 0 Å². The van der Waals surface area contributed by atoms with Crippen molar-refractivity contribution in [2.75, 3.05) is 12.5 Å². The van der Waals surface area contributed by atoms with E-state index >= 15 is 0 Å². The normalized spacial score (nSPS) is 10.6. The summed E-state index contributed by atoms with van der Waals surface area (Å²) in [5, 5.41) is 0.953. The van der Waals surface area contributed by atoms with Crippen LogP contribution < -0.4 is 16.0 Å². The molecule has 1 aromatic heterocycles. The van der Waals surface area contributed by atoms with Crippen LogP contribution in [0, 0.1) is 6.92 Å². The third-order valence-corrected chi connectivity index (χ3v) is 3.54. The van der Waals surface area contributed by atoms with E-state index in [1.807, 2.05) is 55.5 Å². The number of methoxy groups -OCH3 is 1. The van der Waals surface area contributed by atoms with Crippen LogP contribution in [0.5, 0.6) is 5.75 Å². The monoisotopic (exact) mass is 279 g/mol. The molecule has 3 N–H and O–H groups in total. The third kappa shape index (κ3) is 2.41. The molecule has 0 aliphatic carbocycles. The molecule has 0 radical (unpaired) electrons. The summed E-state index contributed by atoms with van der Waals surface area (Å²) in [6.07, 6.45) is 0. The summed E-state index contributed by atoms with van der Waals surface area (Å²) >= 11 is 0. The number of hydrazine groups is 1. The highest BCUT2D eigenvalue weighted by Crippen LogP contribution is 2.32. The average molecular weight is 279 g/mol. The highest BCUT2D eigenvalue weighted by atomic mass is 16.5. The molecule has 0 spiro atoms. The standard InChI is InChI=1S/C17H17N3O/c1-11-8-13(21-2)9-14-16(20-18)10-15(19-17(11)14)12-6-4-3-5-7-12/h3-10H,18H2,1-2H3,(H,19,20). The predicted molar refractivity (Wildman–Crippen MR) is 86.3 cm³/mol. The predicted octanol–water partition coefficient (Wildman–Crippen LogP) is 3.50. The number of rotatable bonds is 3. The van der Waals surface area contributed by atoms with Gasteiger partial charge in [-0.25, -0.2) is 4.98 Å². The number of nitrogens with one attached hydrogen (secondary N) is 1. The van der Waals surface area contributed by atoms with E-state index in [0.717, 1.165) is 39.2 Å². The number of pyridine rings is 1. The Hall–Kier alpha value is -2.59. The number of aromatic nitrogens is 1. The van der Waals surface area contributed by atoms with E-state index in [1.165, 1.54) is 0 Å². The van der Waals surface area contributed by atoms with Crippen molar-refractivity contribution in [3.8, 4) is 17.0 Å². The molecule has 0 aliphatic rings. The topological polar surface area (TPSA) is 60.2 Å². The molecule has 21 heavy (non-hydrogen) atoms. The molecule has 0 amide bonds. The number of ether oxygens (including phenoxy) is 1. The van der Waals surface area contributed by atoms with Crippen molar-refractivity contribution in [2.45, 2.75) is 6.92 Å². The summed E-state index contributed by atoms with van der Waals surface area (Å²) in [6, 6.07) is 15.9. The Kier molecular flexibility index (Phi) is 3.46. The number of nitrogens with two attached hydrogens (primary N) is 1. The van der Waals surface area contributed by atoms with E-state index in [1.54, 1.807) is 7.11 Å². The van der Waals surface area contributed by atoms with E-state index in [-0.39, 0.29) is 0 Å². The third-order valence-electron chi connectivity index (χ3n) is 3.54. The second-order valence-electron chi connectivity index (χ2n) is 4.91. The number of benzene rings is 2. The molecule has 0 fully saturated rings. The van der Waals surface area contributed by atoms with Crippen LogP contribution >= 0.6 is 0 Å². The first-order chi connectivity index (χ1) is 10.2. The molecule has 0 saturated heterocycles. The number of fused-ring (bicyclic) bond motifs is 1. The number of hydrogen-bond acceptors (Lipinski definition) is 4. The fraction of sp³-hybridized carbons (Fsp3) is 0.118. The first kappa shape index (κ1) is 13.4. The van der Waals surface area contributed by atoms with Gasteiger partial charge in [-0.2, -0.15) is 0 Å². The molecule has 3 aromatic rings. The maximum absolute atomic E-state index is 5.69. The van der Waals surface area contributed by atoms with Gasteiger partial charge < -0.3 is 10.2 Å². The fourth-order valence-corrected chi connectivity index (χ4v) is 2.46. The highest BCUT2D eigenvalue weighted by Gasteiger charge is 2.10. The molecule has 0 atom stereocenters. The minimum Gasteiger partial charge on any atom is -0.497 e. The Morgan fingerprint density at radius 2 is 1.86 bits per heavy atom. The maximum Gasteiger partial charge on any atom is 0.119 e. The fourth-order valence-electron chi connectivity index (χ4n) is 2.46. The second-order valence-corrected chi connectivity index (χ2v) is 4.91. The molecule has 106 valence electrons. The smallest absolute Gasteiger partial charge is 0.119 e. The van der Waals surface area contributed by atoms with Crippen LogP contribution in [0.3, 0.4) is 0 Å². The van der Waals surface area contributed by atoms with E-state index in [9.17, 15) is 0 Å². The van der Waals surface area contributed by atoms with Crippen LogP contribution in [0.15, 0.2) is 48.5 Å². The Morgan fingerprint density at radius 3 is 2.52 bits per heavy atom. The lowest BCUT2D eigenvalue weighted by Crippen LogP contribution is -2.08. The van der Waals surface area contributed by atoms with Gasteiger partial charge in [0, 0.05) is 10.9 Å². The second kappa shape index (κ2) is 5.42. The van der Waals surface area contributed by atoms with Crippen LogP contribution in [-0.4, -0.2) is 12.1 Å². The summed E-state index contributed by atoms with van der Waals surface area (Å²) in [5.74, 6) is 6.48. The van der Waals surface area contributed by atoms with Crippen LogP contribution in [0.4, 0.5) is 5.69 Å². The lowest BCUT2D eigenvalue weighted by atomic mass is 10.0. The molecule has 2 aromatic carbocycles. The van der Waals surface area contributed by atoms with Crippen LogP contribution in [0.1, 0.15) is 5.56 Å². The number of nitrogens with zero attached hydrogens (tertiary/aromatic N) is 1. The number of aryl methyl sites for hydroxylation is 1. The van der Waals surface area contributed by atoms with E-state index < -0.39 is 0 Å². The van der Waals surface area contributed by atoms with E-state index in [0.29, 0.717) is 0 Å². The molecule has 3 rings (SSSR count). The maximum atomic E-state index is 5.69. The van der Waals surface area contributed by atoms with Gasteiger partial charge in [-0.05, 0) is 30.7 Å². The number of hydrogen-bond donors (Lipinski definition) is 2. The zero-order valence-electron chi connectivity index (χ0n) is 12.1. The summed E-state index contributed by atoms with van der Waals surface area (Å²) in [4.78, 5) is 4.78. The van der Waals surface area contributed by atoms with Gasteiger partial charge >= 0.3 is 0 Å². The van der Waals surface area contributed by atoms with Gasteiger partial charge in [0.25, 0.3) is 0 Å². The molecule has 4 nitrogen and oxygen atoms in total. The van der Waals surface area contributed by atoms with Crippen molar-refractivity contribution in [3.05, 3.63) is 54.1 Å². The molecule has 1 heterocycles. The largest absolute Gasteiger partial charge is 0.497 e. The van der Waals surface area contributed by atoms with Crippen LogP contribution in [0.2, 0.25) is 0 Å². The Balaban J connectivity index is 2.29. The highest BCUT2D eigenvalue weighted by molar-refractivity contribution is 5.96. The minimum atomic E-state index is 0.797. The van der Waals surface area contributed by atoms with Crippen molar-refractivity contribution in [1.82, 2.24) is 4.98 Å². The van der Waals surface area contributed by atoms with Crippen molar-refractivity contribution in [3.63, 3.8) is 0 Å². The quantitative estimate of drug-likeness (QED) is 0.569.